The summed E-state index contributed by atoms with van der Waals surface area (Å²) >= 11 is 0. The van der Waals surface area contributed by atoms with Gasteiger partial charge in [0.05, 0.1) is 29.3 Å². The predicted molar refractivity (Wildman–Crippen MR) is 93.6 cm³/mol. The van der Waals surface area contributed by atoms with Crippen molar-refractivity contribution in [3.8, 4) is 0 Å². The molecule has 4 atom stereocenters. The lowest BCUT2D eigenvalue weighted by Crippen LogP contribution is -2.26. The maximum atomic E-state index is 13.3. The number of rotatable bonds is 8. The zero-order chi connectivity index (χ0) is 17.3. The van der Waals surface area contributed by atoms with E-state index in [4.69, 9.17) is 9.05 Å². The molecule has 1 aliphatic rings. The quantitative estimate of drug-likeness (QED) is 0.650. The van der Waals surface area contributed by atoms with Crippen molar-refractivity contribution in [2.45, 2.75) is 41.8 Å². The van der Waals surface area contributed by atoms with E-state index in [-0.39, 0.29) is 13.2 Å². The molecule has 0 amide bonds. The third-order valence-corrected chi connectivity index (χ3v) is 11.1. The van der Waals surface area contributed by atoms with Gasteiger partial charge in [-0.05, 0) is 39.3 Å². The molecule has 0 heterocycles. The monoisotopic (exact) mass is 378 g/mol. The standard InChI is InChI=1S/C15H23O5PS2/c1-5-19-21(16,20-6-2)15(11-14(15)22(4)17)23(18)13-9-7-12(3)8-10-13/h7-10,14H,5-6,11H2,1-4H3/t14-,15-,22-,23+/m1/s1. The van der Waals surface area contributed by atoms with Crippen molar-refractivity contribution in [3.05, 3.63) is 29.8 Å². The molecule has 0 unspecified atom stereocenters. The van der Waals surface area contributed by atoms with Crippen LogP contribution >= 0.6 is 7.60 Å². The van der Waals surface area contributed by atoms with E-state index in [1.54, 1.807) is 32.2 Å². The van der Waals surface area contributed by atoms with Gasteiger partial charge >= 0.3 is 7.60 Å². The molecule has 130 valence electrons. The first-order valence-corrected chi connectivity index (χ1v) is 11.8. The highest BCUT2D eigenvalue weighted by Gasteiger charge is 2.74. The molecule has 8 heteroatoms. The fraction of sp³-hybridized carbons (Fsp3) is 0.600. The second kappa shape index (κ2) is 7.28. The minimum absolute atomic E-state index is 0.188. The summed E-state index contributed by atoms with van der Waals surface area (Å²) in [5.74, 6) is 0. The van der Waals surface area contributed by atoms with E-state index in [9.17, 15) is 13.0 Å². The lowest BCUT2D eigenvalue weighted by Gasteiger charge is -2.26. The second-order valence-electron chi connectivity index (χ2n) is 5.45. The Balaban J connectivity index is 2.48. The van der Waals surface area contributed by atoms with Gasteiger partial charge < -0.3 is 9.05 Å². The fourth-order valence-electron chi connectivity index (χ4n) is 2.63. The van der Waals surface area contributed by atoms with Crippen molar-refractivity contribution in [2.75, 3.05) is 19.5 Å². The molecule has 1 aliphatic carbocycles. The molecule has 0 N–H and O–H groups in total. The van der Waals surface area contributed by atoms with E-state index in [0.717, 1.165) is 5.56 Å². The molecular formula is C15H23O5PS2. The van der Waals surface area contributed by atoms with Gasteiger partial charge in [0.25, 0.3) is 0 Å². The smallest absolute Gasteiger partial charge is 0.308 e. The molecule has 1 aromatic carbocycles. The Hall–Kier alpha value is -0.330. The highest BCUT2D eigenvalue weighted by atomic mass is 32.2. The van der Waals surface area contributed by atoms with Crippen LogP contribution in [-0.4, -0.2) is 37.6 Å². The van der Waals surface area contributed by atoms with E-state index in [0.29, 0.717) is 11.3 Å². The second-order valence-corrected chi connectivity index (χ2v) is 11.4. The van der Waals surface area contributed by atoms with Crippen LogP contribution < -0.4 is 0 Å². The van der Waals surface area contributed by atoms with Crippen LogP contribution in [0.2, 0.25) is 0 Å². The first kappa shape index (κ1) is 19.0. The largest absolute Gasteiger partial charge is 0.350 e. The molecule has 0 aromatic heterocycles. The summed E-state index contributed by atoms with van der Waals surface area (Å²) in [6, 6.07) is 7.22. The van der Waals surface area contributed by atoms with Crippen LogP contribution in [0, 0.1) is 6.92 Å². The van der Waals surface area contributed by atoms with Crippen LogP contribution in [0.25, 0.3) is 0 Å². The molecule has 0 aliphatic heterocycles. The van der Waals surface area contributed by atoms with Crippen LogP contribution in [0.5, 0.6) is 0 Å². The Morgan fingerprint density at radius 3 is 2.09 bits per heavy atom. The zero-order valence-electron chi connectivity index (χ0n) is 13.8. The maximum Gasteiger partial charge on any atom is 0.350 e. The maximum absolute atomic E-state index is 13.3. The molecule has 5 nitrogen and oxygen atoms in total. The van der Waals surface area contributed by atoms with E-state index in [2.05, 4.69) is 0 Å². The summed E-state index contributed by atoms with van der Waals surface area (Å²) in [7, 11) is -6.52. The summed E-state index contributed by atoms with van der Waals surface area (Å²) in [6.45, 7) is 5.75. The van der Waals surface area contributed by atoms with Gasteiger partial charge in [0.1, 0.15) is 0 Å². The van der Waals surface area contributed by atoms with Gasteiger partial charge in [0.2, 0.25) is 0 Å². The number of hydrogen-bond donors (Lipinski definition) is 0. The highest BCUT2D eigenvalue weighted by molar-refractivity contribution is 7.98. The van der Waals surface area contributed by atoms with Crippen LogP contribution in [0.4, 0.5) is 0 Å². The van der Waals surface area contributed by atoms with Crippen molar-refractivity contribution >= 4 is 29.2 Å². The molecule has 23 heavy (non-hydrogen) atoms. The van der Waals surface area contributed by atoms with E-state index in [1.807, 2.05) is 19.1 Å². The Kier molecular flexibility index (Phi) is 6.01. The van der Waals surface area contributed by atoms with Gasteiger partial charge in [0.15, 0.2) is 4.49 Å². The van der Waals surface area contributed by atoms with Gasteiger partial charge in [0, 0.05) is 22.0 Å². The summed E-state index contributed by atoms with van der Waals surface area (Å²) in [5.41, 5.74) is 1.05. The van der Waals surface area contributed by atoms with E-state index < -0.39 is 38.9 Å². The lowest BCUT2D eigenvalue weighted by molar-refractivity contribution is 0.216. The Morgan fingerprint density at radius 1 is 1.17 bits per heavy atom. The van der Waals surface area contributed by atoms with Gasteiger partial charge in [-0.25, -0.2) is 0 Å². The van der Waals surface area contributed by atoms with Crippen LogP contribution in [-0.2, 0) is 35.2 Å². The molecule has 0 radical (unpaired) electrons. The molecule has 1 aromatic rings. The van der Waals surface area contributed by atoms with E-state index >= 15 is 0 Å². The molecular weight excluding hydrogens is 355 g/mol. The minimum Gasteiger partial charge on any atom is -0.308 e. The summed E-state index contributed by atoms with van der Waals surface area (Å²) in [4.78, 5) is 0.559. The van der Waals surface area contributed by atoms with Gasteiger partial charge in [-0.3, -0.25) is 13.0 Å². The predicted octanol–water partition coefficient (Wildman–Crippen LogP) is 3.22. The molecule has 0 bridgehead atoms. The molecule has 1 saturated carbocycles. The molecule has 2 rings (SSSR count). The summed E-state index contributed by atoms with van der Waals surface area (Å²) in [5, 5.41) is -0.450. The Morgan fingerprint density at radius 2 is 1.70 bits per heavy atom. The highest BCUT2D eigenvalue weighted by Crippen LogP contribution is 2.74. The third kappa shape index (κ3) is 3.40. The average Bonchev–Trinajstić information content (AvgIpc) is 3.25. The number of hydrogen-bond acceptors (Lipinski definition) is 5. The number of aryl methyl sites for hydroxylation is 1. The molecule has 0 spiro atoms. The van der Waals surface area contributed by atoms with Gasteiger partial charge in [-0.15, -0.1) is 0 Å². The lowest BCUT2D eigenvalue weighted by atomic mass is 10.2. The van der Waals surface area contributed by atoms with Crippen molar-refractivity contribution in [2.24, 2.45) is 0 Å². The summed E-state index contributed by atoms with van der Waals surface area (Å²) < 4.78 is 48.2. The minimum atomic E-state index is -3.65. The van der Waals surface area contributed by atoms with Crippen LogP contribution in [0.3, 0.4) is 0 Å². The van der Waals surface area contributed by atoms with Gasteiger partial charge in [-0.1, -0.05) is 17.7 Å². The first-order valence-electron chi connectivity index (χ1n) is 7.52. The normalized spacial score (nSPS) is 26.7. The zero-order valence-corrected chi connectivity index (χ0v) is 16.3. The summed E-state index contributed by atoms with van der Waals surface area (Å²) in [6.07, 6.45) is 1.86. The topological polar surface area (TPSA) is 69.7 Å². The van der Waals surface area contributed by atoms with Crippen LogP contribution in [0.15, 0.2) is 29.2 Å². The Labute approximate surface area is 142 Å². The Bertz CT molecular complexity index is 650. The van der Waals surface area contributed by atoms with Crippen molar-refractivity contribution in [3.63, 3.8) is 0 Å². The molecule has 1 fully saturated rings. The first-order chi connectivity index (χ1) is 10.8. The molecule has 0 saturated heterocycles. The average molecular weight is 378 g/mol. The SMILES string of the molecule is CCOP(=O)(OCC)[C@@]1([S@@](=O)c2ccc(C)cc2)C[C@H]1[S@@](C)=O. The van der Waals surface area contributed by atoms with Crippen molar-refractivity contribution in [1.82, 2.24) is 0 Å². The third-order valence-electron chi connectivity index (χ3n) is 3.84. The van der Waals surface area contributed by atoms with Gasteiger partial charge in [-0.2, -0.15) is 0 Å². The number of benzene rings is 1. The van der Waals surface area contributed by atoms with Crippen molar-refractivity contribution in [1.29, 1.82) is 0 Å². The van der Waals surface area contributed by atoms with E-state index in [1.165, 1.54) is 0 Å². The van der Waals surface area contributed by atoms with Crippen LogP contribution in [0.1, 0.15) is 25.8 Å². The fourth-order valence-corrected chi connectivity index (χ4v) is 10.1. The van der Waals surface area contributed by atoms with Crippen molar-refractivity contribution < 1.29 is 22.0 Å².